The summed E-state index contributed by atoms with van der Waals surface area (Å²) in [5.41, 5.74) is 11.3. The average Bonchev–Trinajstić information content (AvgIpc) is 2.05. The van der Waals surface area contributed by atoms with Crippen molar-refractivity contribution in [2.24, 2.45) is 17.4 Å². The van der Waals surface area contributed by atoms with Gasteiger partial charge in [0.2, 0.25) is 0 Å². The molecule has 1 atom stereocenters. The molecule has 0 heterocycles. The van der Waals surface area contributed by atoms with Gasteiger partial charge in [-0.3, -0.25) is 0 Å². The Kier molecular flexibility index (Phi) is 3.16. The lowest BCUT2D eigenvalue weighted by Gasteiger charge is -2.26. The van der Waals surface area contributed by atoms with E-state index in [-0.39, 0.29) is 6.04 Å². The Morgan fingerprint density at radius 2 is 1.80 bits per heavy atom. The molecule has 1 saturated carbocycles. The lowest BCUT2D eigenvalue weighted by molar-refractivity contribution is 0.308. The van der Waals surface area contributed by atoms with Crippen molar-refractivity contribution in [3.8, 4) is 0 Å². The zero-order chi connectivity index (χ0) is 7.40. The predicted octanol–water partition coefficient (Wildman–Crippen LogP) is 0.853. The van der Waals surface area contributed by atoms with E-state index in [1.807, 2.05) is 0 Å². The number of hydrogen-bond donors (Lipinski definition) is 2. The molecule has 0 aromatic heterocycles. The predicted molar refractivity (Wildman–Crippen MR) is 43.6 cm³/mol. The van der Waals surface area contributed by atoms with E-state index in [1.165, 1.54) is 32.1 Å². The van der Waals surface area contributed by atoms with Crippen LogP contribution in [0.1, 0.15) is 32.1 Å². The summed E-state index contributed by atoms with van der Waals surface area (Å²) in [5, 5.41) is 0. The van der Waals surface area contributed by atoms with Gasteiger partial charge in [-0.05, 0) is 18.8 Å². The molecule has 0 spiro atoms. The minimum atomic E-state index is 0.264. The summed E-state index contributed by atoms with van der Waals surface area (Å²) in [7, 11) is 0. The first kappa shape index (κ1) is 8.02. The third-order valence-electron chi connectivity index (χ3n) is 2.53. The van der Waals surface area contributed by atoms with Gasteiger partial charge in [-0.2, -0.15) is 0 Å². The Bertz CT molecular complexity index is 87.3. The molecule has 1 aliphatic rings. The molecule has 4 N–H and O–H groups in total. The topological polar surface area (TPSA) is 52.0 Å². The molecule has 1 fully saturated rings. The van der Waals surface area contributed by atoms with E-state index in [4.69, 9.17) is 11.5 Å². The Balaban J connectivity index is 2.24. The number of hydrogen-bond acceptors (Lipinski definition) is 2. The van der Waals surface area contributed by atoms with Gasteiger partial charge in [0.15, 0.2) is 0 Å². The van der Waals surface area contributed by atoms with Crippen LogP contribution in [0.15, 0.2) is 0 Å². The molecule has 1 rings (SSSR count). The monoisotopic (exact) mass is 142 g/mol. The molecule has 0 radical (unpaired) electrons. The summed E-state index contributed by atoms with van der Waals surface area (Å²) in [6.07, 6.45) is 6.72. The van der Waals surface area contributed by atoms with Crippen LogP contribution in [0.25, 0.3) is 0 Å². The second-order valence-electron chi connectivity index (χ2n) is 3.30. The first-order chi connectivity index (χ1) is 4.84. The van der Waals surface area contributed by atoms with Crippen LogP contribution in [0.3, 0.4) is 0 Å². The second-order valence-corrected chi connectivity index (χ2v) is 3.30. The SMILES string of the molecule is NCC(N)C1CCCCC1. The molecule has 0 saturated heterocycles. The minimum absolute atomic E-state index is 0.264. The van der Waals surface area contributed by atoms with Gasteiger partial charge in [0.25, 0.3) is 0 Å². The zero-order valence-electron chi connectivity index (χ0n) is 6.55. The first-order valence-corrected chi connectivity index (χ1v) is 4.30. The Morgan fingerprint density at radius 1 is 1.20 bits per heavy atom. The molecule has 1 aliphatic carbocycles. The fraction of sp³-hybridized carbons (Fsp3) is 1.00. The highest BCUT2D eigenvalue weighted by Gasteiger charge is 2.18. The normalized spacial score (nSPS) is 24.6. The highest BCUT2D eigenvalue weighted by atomic mass is 14.7. The standard InChI is InChI=1S/C8H18N2/c9-6-8(10)7-4-2-1-3-5-7/h7-8H,1-6,9-10H2. The van der Waals surface area contributed by atoms with Crippen LogP contribution in [-0.2, 0) is 0 Å². The van der Waals surface area contributed by atoms with Crippen LogP contribution in [0.4, 0.5) is 0 Å². The van der Waals surface area contributed by atoms with Gasteiger partial charge in [-0.25, -0.2) is 0 Å². The van der Waals surface area contributed by atoms with E-state index in [2.05, 4.69) is 0 Å². The fourth-order valence-corrected chi connectivity index (χ4v) is 1.75. The van der Waals surface area contributed by atoms with Crippen LogP contribution < -0.4 is 11.5 Å². The van der Waals surface area contributed by atoms with Crippen LogP contribution in [0.2, 0.25) is 0 Å². The molecule has 2 heteroatoms. The highest BCUT2D eigenvalue weighted by molar-refractivity contribution is 4.76. The molecule has 0 aliphatic heterocycles. The summed E-state index contributed by atoms with van der Waals surface area (Å²) >= 11 is 0. The number of rotatable bonds is 2. The average molecular weight is 142 g/mol. The summed E-state index contributed by atoms with van der Waals surface area (Å²) in [6.45, 7) is 0.657. The largest absolute Gasteiger partial charge is 0.329 e. The Morgan fingerprint density at radius 3 is 2.30 bits per heavy atom. The minimum Gasteiger partial charge on any atom is -0.329 e. The van der Waals surface area contributed by atoms with Gasteiger partial charge in [-0.1, -0.05) is 19.3 Å². The Labute approximate surface area is 63.0 Å². The van der Waals surface area contributed by atoms with Crippen LogP contribution in [0, 0.1) is 5.92 Å². The van der Waals surface area contributed by atoms with Crippen molar-refractivity contribution in [3.05, 3.63) is 0 Å². The third kappa shape index (κ3) is 1.96. The maximum absolute atomic E-state index is 5.82. The van der Waals surface area contributed by atoms with Crippen molar-refractivity contribution in [1.82, 2.24) is 0 Å². The van der Waals surface area contributed by atoms with Crippen molar-refractivity contribution in [3.63, 3.8) is 0 Å². The smallest absolute Gasteiger partial charge is 0.0191 e. The van der Waals surface area contributed by atoms with Crippen LogP contribution >= 0.6 is 0 Å². The van der Waals surface area contributed by atoms with Gasteiger partial charge in [0.1, 0.15) is 0 Å². The van der Waals surface area contributed by atoms with Crippen molar-refractivity contribution >= 4 is 0 Å². The van der Waals surface area contributed by atoms with Gasteiger partial charge < -0.3 is 11.5 Å². The van der Waals surface area contributed by atoms with E-state index in [1.54, 1.807) is 0 Å². The first-order valence-electron chi connectivity index (χ1n) is 4.30. The van der Waals surface area contributed by atoms with E-state index in [9.17, 15) is 0 Å². The maximum Gasteiger partial charge on any atom is 0.0191 e. The molecule has 60 valence electrons. The summed E-state index contributed by atoms with van der Waals surface area (Å²) < 4.78 is 0. The van der Waals surface area contributed by atoms with Gasteiger partial charge in [-0.15, -0.1) is 0 Å². The van der Waals surface area contributed by atoms with E-state index in [0.29, 0.717) is 6.54 Å². The molecule has 0 bridgehead atoms. The molecule has 0 aromatic carbocycles. The van der Waals surface area contributed by atoms with Crippen LogP contribution in [0.5, 0.6) is 0 Å². The molecule has 10 heavy (non-hydrogen) atoms. The molecule has 0 amide bonds. The quantitative estimate of drug-likeness (QED) is 0.600. The number of nitrogens with two attached hydrogens (primary N) is 2. The van der Waals surface area contributed by atoms with Crippen molar-refractivity contribution < 1.29 is 0 Å². The molecule has 0 aromatic rings. The molecule has 2 nitrogen and oxygen atoms in total. The summed E-state index contributed by atoms with van der Waals surface area (Å²) in [5.74, 6) is 0.721. The third-order valence-corrected chi connectivity index (χ3v) is 2.53. The van der Waals surface area contributed by atoms with E-state index < -0.39 is 0 Å². The van der Waals surface area contributed by atoms with Crippen molar-refractivity contribution in [1.29, 1.82) is 0 Å². The molecular weight excluding hydrogens is 124 g/mol. The lowest BCUT2D eigenvalue weighted by Crippen LogP contribution is -2.38. The van der Waals surface area contributed by atoms with Crippen molar-refractivity contribution in [2.45, 2.75) is 38.1 Å². The fourth-order valence-electron chi connectivity index (χ4n) is 1.75. The zero-order valence-corrected chi connectivity index (χ0v) is 6.55. The summed E-state index contributed by atoms with van der Waals surface area (Å²) in [4.78, 5) is 0. The van der Waals surface area contributed by atoms with Gasteiger partial charge >= 0.3 is 0 Å². The molecule has 1 unspecified atom stereocenters. The van der Waals surface area contributed by atoms with E-state index >= 15 is 0 Å². The van der Waals surface area contributed by atoms with E-state index in [0.717, 1.165) is 5.92 Å². The van der Waals surface area contributed by atoms with Crippen LogP contribution in [-0.4, -0.2) is 12.6 Å². The van der Waals surface area contributed by atoms with Gasteiger partial charge in [0, 0.05) is 12.6 Å². The van der Waals surface area contributed by atoms with Crippen molar-refractivity contribution in [2.75, 3.05) is 6.54 Å². The molecular formula is C8H18N2. The maximum atomic E-state index is 5.82. The van der Waals surface area contributed by atoms with Gasteiger partial charge in [0.05, 0.1) is 0 Å². The summed E-state index contributed by atoms with van der Waals surface area (Å²) in [6, 6.07) is 0.264. The highest BCUT2D eigenvalue weighted by Crippen LogP contribution is 2.24. The second kappa shape index (κ2) is 3.94. The lowest BCUT2D eigenvalue weighted by atomic mass is 9.84. The Hall–Kier alpha value is -0.0800.